The van der Waals surface area contributed by atoms with Crippen LogP contribution in [0, 0.1) is 0 Å². The minimum Gasteiger partial charge on any atom is -0.495 e. The van der Waals surface area contributed by atoms with Crippen LogP contribution in [0.4, 0.5) is 0 Å². The smallest absolute Gasteiger partial charge is 0.339 e. The molecule has 0 heterocycles. The van der Waals surface area contributed by atoms with E-state index in [2.05, 4.69) is 0 Å². The Morgan fingerprint density at radius 1 is 1.31 bits per heavy atom. The number of methoxy groups -OCH3 is 1. The second-order valence-electron chi connectivity index (χ2n) is 3.29. The van der Waals surface area contributed by atoms with Gasteiger partial charge in [0.05, 0.1) is 12.1 Å². The van der Waals surface area contributed by atoms with Gasteiger partial charge in [-0.15, -0.1) is 0 Å². The molecular formula is C12H9ClO3. The molecule has 0 saturated heterocycles. The highest BCUT2D eigenvalue weighted by molar-refractivity contribution is 6.36. The average Bonchev–Trinajstić information content (AvgIpc) is 2.27. The summed E-state index contributed by atoms with van der Waals surface area (Å²) in [7, 11) is 1.44. The molecule has 16 heavy (non-hydrogen) atoms. The van der Waals surface area contributed by atoms with E-state index in [0.717, 1.165) is 5.39 Å². The Balaban J connectivity index is 2.89. The van der Waals surface area contributed by atoms with E-state index in [1.165, 1.54) is 13.2 Å². The van der Waals surface area contributed by atoms with Crippen molar-refractivity contribution in [2.75, 3.05) is 7.11 Å². The lowest BCUT2D eigenvalue weighted by molar-refractivity contribution is 0.0693. The van der Waals surface area contributed by atoms with Gasteiger partial charge in [0.2, 0.25) is 0 Å². The Kier molecular flexibility index (Phi) is 2.71. The molecule has 0 aliphatic heterocycles. The third-order valence-electron chi connectivity index (χ3n) is 2.38. The van der Waals surface area contributed by atoms with Crippen molar-refractivity contribution in [1.29, 1.82) is 0 Å². The molecule has 0 bridgehead atoms. The first-order valence-corrected chi connectivity index (χ1v) is 5.01. The second kappa shape index (κ2) is 4.02. The molecule has 1 N–H and O–H groups in total. The highest BCUT2D eigenvalue weighted by Crippen LogP contribution is 2.34. The maximum absolute atomic E-state index is 11.0. The predicted octanol–water partition coefficient (Wildman–Crippen LogP) is 3.20. The van der Waals surface area contributed by atoms with Crippen molar-refractivity contribution in [3.05, 3.63) is 40.9 Å². The molecule has 2 aromatic carbocycles. The number of hydrogen-bond donors (Lipinski definition) is 1. The number of ether oxygens (including phenoxy) is 1. The maximum Gasteiger partial charge on any atom is 0.339 e. The summed E-state index contributed by atoms with van der Waals surface area (Å²) in [6.07, 6.45) is 0. The molecule has 0 atom stereocenters. The van der Waals surface area contributed by atoms with Gasteiger partial charge in [-0.25, -0.2) is 4.79 Å². The quantitative estimate of drug-likeness (QED) is 0.871. The zero-order valence-electron chi connectivity index (χ0n) is 8.53. The van der Waals surface area contributed by atoms with Crippen LogP contribution in [-0.2, 0) is 0 Å². The van der Waals surface area contributed by atoms with E-state index in [4.69, 9.17) is 21.4 Å². The van der Waals surface area contributed by atoms with Crippen LogP contribution in [-0.4, -0.2) is 18.2 Å². The highest BCUT2D eigenvalue weighted by Gasteiger charge is 2.15. The van der Waals surface area contributed by atoms with Crippen molar-refractivity contribution in [2.45, 2.75) is 0 Å². The molecule has 3 nitrogen and oxygen atoms in total. The van der Waals surface area contributed by atoms with Crippen molar-refractivity contribution in [2.24, 2.45) is 0 Å². The van der Waals surface area contributed by atoms with Gasteiger partial charge in [0.1, 0.15) is 11.3 Å². The van der Waals surface area contributed by atoms with Crippen LogP contribution < -0.4 is 4.74 Å². The van der Waals surface area contributed by atoms with E-state index < -0.39 is 5.97 Å². The first-order valence-electron chi connectivity index (χ1n) is 4.63. The minimum absolute atomic E-state index is 0.114. The number of halogens is 1. The molecule has 0 fully saturated rings. The number of rotatable bonds is 2. The Morgan fingerprint density at radius 3 is 2.69 bits per heavy atom. The first kappa shape index (κ1) is 10.8. The van der Waals surface area contributed by atoms with Gasteiger partial charge in [-0.2, -0.15) is 0 Å². The molecule has 0 unspecified atom stereocenters. The lowest BCUT2D eigenvalue weighted by atomic mass is 10.1. The van der Waals surface area contributed by atoms with Gasteiger partial charge in [0.15, 0.2) is 0 Å². The molecule has 2 aromatic rings. The van der Waals surface area contributed by atoms with Gasteiger partial charge < -0.3 is 9.84 Å². The van der Waals surface area contributed by atoms with E-state index in [0.29, 0.717) is 16.2 Å². The van der Waals surface area contributed by atoms with Crippen molar-refractivity contribution in [1.82, 2.24) is 0 Å². The summed E-state index contributed by atoms with van der Waals surface area (Å²) in [5.41, 5.74) is 0.114. The monoisotopic (exact) mass is 236 g/mol. The first-order chi connectivity index (χ1) is 7.65. The summed E-state index contributed by atoms with van der Waals surface area (Å²) < 4.78 is 5.14. The summed E-state index contributed by atoms with van der Waals surface area (Å²) in [6, 6.07) is 8.60. The largest absolute Gasteiger partial charge is 0.495 e. The summed E-state index contributed by atoms with van der Waals surface area (Å²) in [5, 5.41) is 11.0. The van der Waals surface area contributed by atoms with Gasteiger partial charge in [-0.05, 0) is 17.5 Å². The molecule has 0 saturated carbocycles. The van der Waals surface area contributed by atoms with Crippen LogP contribution in [0.3, 0.4) is 0 Å². The van der Waals surface area contributed by atoms with Gasteiger partial charge in [0, 0.05) is 5.39 Å². The average molecular weight is 237 g/mol. The molecule has 4 heteroatoms. The lowest BCUT2D eigenvalue weighted by Crippen LogP contribution is -2.00. The highest BCUT2D eigenvalue weighted by atomic mass is 35.5. The summed E-state index contributed by atoms with van der Waals surface area (Å²) >= 11 is 6.04. The molecule has 0 aromatic heterocycles. The Bertz CT molecular complexity index is 563. The van der Waals surface area contributed by atoms with Crippen molar-refractivity contribution < 1.29 is 14.6 Å². The maximum atomic E-state index is 11.0. The van der Waals surface area contributed by atoms with Gasteiger partial charge in [-0.1, -0.05) is 29.8 Å². The van der Waals surface area contributed by atoms with Gasteiger partial charge >= 0.3 is 5.97 Å². The molecular weight excluding hydrogens is 228 g/mol. The normalized spacial score (nSPS) is 10.4. The Morgan fingerprint density at radius 2 is 2.06 bits per heavy atom. The third kappa shape index (κ3) is 1.59. The number of carbonyl (C=O) groups is 1. The topological polar surface area (TPSA) is 46.5 Å². The van der Waals surface area contributed by atoms with Crippen LogP contribution in [0.2, 0.25) is 5.02 Å². The van der Waals surface area contributed by atoms with E-state index in [9.17, 15) is 4.79 Å². The van der Waals surface area contributed by atoms with Crippen molar-refractivity contribution >= 4 is 28.3 Å². The van der Waals surface area contributed by atoms with Gasteiger partial charge in [0.25, 0.3) is 0 Å². The third-order valence-corrected chi connectivity index (χ3v) is 2.70. The molecule has 82 valence electrons. The summed E-state index contributed by atoms with van der Waals surface area (Å²) in [4.78, 5) is 11.0. The van der Waals surface area contributed by atoms with Crippen LogP contribution in [0.25, 0.3) is 10.8 Å². The fraction of sp³-hybridized carbons (Fsp3) is 0.0833. The fourth-order valence-corrected chi connectivity index (χ4v) is 1.95. The zero-order chi connectivity index (χ0) is 11.7. The number of fused-ring (bicyclic) bond motifs is 1. The van der Waals surface area contributed by atoms with Crippen molar-refractivity contribution in [3.8, 4) is 5.75 Å². The molecule has 2 rings (SSSR count). The molecule has 0 radical (unpaired) electrons. The Hall–Kier alpha value is -1.74. The predicted molar refractivity (Wildman–Crippen MR) is 62.5 cm³/mol. The molecule has 0 spiro atoms. The number of carboxylic acids is 1. The molecule has 0 aliphatic carbocycles. The van der Waals surface area contributed by atoms with Crippen LogP contribution >= 0.6 is 11.6 Å². The lowest BCUT2D eigenvalue weighted by Gasteiger charge is -2.09. The zero-order valence-corrected chi connectivity index (χ0v) is 9.28. The van der Waals surface area contributed by atoms with E-state index >= 15 is 0 Å². The molecule has 0 aliphatic rings. The van der Waals surface area contributed by atoms with E-state index in [1.807, 2.05) is 12.1 Å². The Labute approximate surface area is 97.2 Å². The minimum atomic E-state index is -1.03. The van der Waals surface area contributed by atoms with Crippen molar-refractivity contribution in [3.63, 3.8) is 0 Å². The number of benzene rings is 2. The second-order valence-corrected chi connectivity index (χ2v) is 3.70. The van der Waals surface area contributed by atoms with E-state index in [1.54, 1.807) is 12.1 Å². The van der Waals surface area contributed by atoms with Crippen LogP contribution in [0.15, 0.2) is 30.3 Å². The van der Waals surface area contributed by atoms with Gasteiger partial charge in [-0.3, -0.25) is 0 Å². The van der Waals surface area contributed by atoms with Crippen LogP contribution in [0.1, 0.15) is 10.4 Å². The van der Waals surface area contributed by atoms with Crippen LogP contribution in [0.5, 0.6) is 5.75 Å². The molecule has 0 amide bonds. The summed E-state index contributed by atoms with van der Waals surface area (Å²) in [5.74, 6) is -0.728. The number of carboxylic acid groups (broad SMARTS) is 1. The number of aromatic carboxylic acids is 1. The fourth-order valence-electron chi connectivity index (χ4n) is 1.68. The standard InChI is InChI=1S/C12H9ClO3/c1-16-11-8(12(14)15)6-5-7-3-2-4-9(13)10(7)11/h2-6H,1H3,(H,14,15). The summed E-state index contributed by atoms with van der Waals surface area (Å²) in [6.45, 7) is 0. The number of hydrogen-bond acceptors (Lipinski definition) is 2. The van der Waals surface area contributed by atoms with E-state index in [-0.39, 0.29) is 5.56 Å². The SMILES string of the molecule is COc1c(C(=O)O)ccc2cccc(Cl)c12.